The lowest BCUT2D eigenvalue weighted by Gasteiger charge is -2.07. The number of hydrogen-bond acceptors (Lipinski definition) is 8. The minimum absolute atomic E-state index is 0.0429. The molecule has 0 aliphatic carbocycles. The first-order valence-corrected chi connectivity index (χ1v) is 7.76. The van der Waals surface area contributed by atoms with Gasteiger partial charge >= 0.3 is 0 Å². The molecule has 3 rings (SSSR count). The molecule has 0 saturated carbocycles. The van der Waals surface area contributed by atoms with Crippen molar-refractivity contribution in [3.63, 3.8) is 0 Å². The van der Waals surface area contributed by atoms with Crippen molar-refractivity contribution in [2.45, 2.75) is 6.54 Å². The Bertz CT molecular complexity index is 909. The van der Waals surface area contributed by atoms with Crippen molar-refractivity contribution in [2.75, 3.05) is 19.5 Å². The quantitative estimate of drug-likeness (QED) is 0.687. The van der Waals surface area contributed by atoms with E-state index in [1.165, 1.54) is 20.3 Å². The SMILES string of the molecule is COc1cc(OC)nc(NC(=O)Cn2nnc(-c3cccc(Cl)c3)n2)n1. The number of methoxy groups -OCH3 is 2. The van der Waals surface area contributed by atoms with Gasteiger partial charge in [0.25, 0.3) is 0 Å². The first kappa shape index (κ1) is 17.5. The van der Waals surface area contributed by atoms with Gasteiger partial charge in [0.2, 0.25) is 29.4 Å². The summed E-state index contributed by atoms with van der Waals surface area (Å²) in [6, 6.07) is 8.51. The van der Waals surface area contributed by atoms with Crippen molar-refractivity contribution >= 4 is 23.5 Å². The van der Waals surface area contributed by atoms with E-state index in [9.17, 15) is 4.79 Å². The minimum atomic E-state index is -0.435. The number of rotatable bonds is 6. The molecule has 0 aliphatic heterocycles. The molecule has 0 atom stereocenters. The highest BCUT2D eigenvalue weighted by molar-refractivity contribution is 6.30. The Morgan fingerprint density at radius 2 is 1.92 bits per heavy atom. The van der Waals surface area contributed by atoms with E-state index in [0.717, 1.165) is 4.80 Å². The van der Waals surface area contributed by atoms with Crippen LogP contribution in [0.5, 0.6) is 11.8 Å². The number of carbonyl (C=O) groups is 1. The van der Waals surface area contributed by atoms with Crippen LogP contribution >= 0.6 is 11.6 Å². The number of halogens is 1. The van der Waals surface area contributed by atoms with E-state index < -0.39 is 5.91 Å². The maximum Gasteiger partial charge on any atom is 0.250 e. The third kappa shape index (κ3) is 4.22. The molecule has 1 aromatic carbocycles. The number of tetrazole rings is 1. The smallest absolute Gasteiger partial charge is 0.250 e. The van der Waals surface area contributed by atoms with Crippen molar-refractivity contribution in [2.24, 2.45) is 0 Å². The van der Waals surface area contributed by atoms with Gasteiger partial charge in [0.05, 0.1) is 20.3 Å². The summed E-state index contributed by atoms with van der Waals surface area (Å²) in [7, 11) is 2.90. The lowest BCUT2D eigenvalue weighted by Crippen LogP contribution is -2.21. The fraction of sp³-hybridized carbons (Fsp3) is 0.200. The van der Waals surface area contributed by atoms with E-state index >= 15 is 0 Å². The van der Waals surface area contributed by atoms with Crippen LogP contribution in [0, 0.1) is 0 Å². The van der Waals surface area contributed by atoms with E-state index in [2.05, 4.69) is 30.7 Å². The molecule has 0 radical (unpaired) electrons. The Labute approximate surface area is 153 Å². The van der Waals surface area contributed by atoms with Crippen molar-refractivity contribution in [1.82, 2.24) is 30.2 Å². The molecule has 0 fully saturated rings. The second-order valence-electron chi connectivity index (χ2n) is 4.98. The average molecular weight is 376 g/mol. The number of ether oxygens (including phenoxy) is 2. The summed E-state index contributed by atoms with van der Waals surface area (Å²) in [5.41, 5.74) is 0.699. The van der Waals surface area contributed by atoms with Crippen LogP contribution < -0.4 is 14.8 Å². The lowest BCUT2D eigenvalue weighted by atomic mass is 10.2. The topological polar surface area (TPSA) is 117 Å². The highest BCUT2D eigenvalue weighted by Gasteiger charge is 2.12. The zero-order chi connectivity index (χ0) is 18.5. The van der Waals surface area contributed by atoms with Crippen LogP contribution in [0.4, 0.5) is 5.95 Å². The summed E-state index contributed by atoms with van der Waals surface area (Å²) in [6.45, 7) is -0.170. The molecule has 134 valence electrons. The monoisotopic (exact) mass is 375 g/mol. The van der Waals surface area contributed by atoms with Crippen LogP contribution in [0.2, 0.25) is 5.02 Å². The van der Waals surface area contributed by atoms with Crippen molar-refractivity contribution in [3.8, 4) is 23.1 Å². The normalized spacial score (nSPS) is 10.4. The molecule has 1 N–H and O–H groups in total. The minimum Gasteiger partial charge on any atom is -0.481 e. The maximum atomic E-state index is 12.2. The van der Waals surface area contributed by atoms with Crippen LogP contribution in [0.1, 0.15) is 0 Å². The Balaban J connectivity index is 1.69. The molecule has 0 saturated heterocycles. The fourth-order valence-corrected chi connectivity index (χ4v) is 2.21. The molecule has 2 heterocycles. The van der Waals surface area contributed by atoms with Gasteiger partial charge < -0.3 is 9.47 Å². The number of benzene rings is 1. The molecule has 0 aliphatic rings. The Morgan fingerprint density at radius 1 is 1.19 bits per heavy atom. The molecule has 1 amide bonds. The van der Waals surface area contributed by atoms with Gasteiger partial charge in [-0.25, -0.2) is 0 Å². The molecule has 3 aromatic rings. The van der Waals surface area contributed by atoms with Crippen LogP contribution in [0.25, 0.3) is 11.4 Å². The predicted molar refractivity (Wildman–Crippen MR) is 92.0 cm³/mol. The van der Waals surface area contributed by atoms with Gasteiger partial charge in [-0.2, -0.15) is 14.8 Å². The average Bonchev–Trinajstić information content (AvgIpc) is 3.09. The number of nitrogens with one attached hydrogen (secondary N) is 1. The molecule has 10 nitrogen and oxygen atoms in total. The zero-order valence-electron chi connectivity index (χ0n) is 13.9. The molecule has 11 heteroatoms. The molecule has 0 bridgehead atoms. The molecule has 0 spiro atoms. The van der Waals surface area contributed by atoms with E-state index in [1.807, 2.05) is 0 Å². The van der Waals surface area contributed by atoms with E-state index in [0.29, 0.717) is 16.4 Å². The summed E-state index contributed by atoms with van der Waals surface area (Å²) in [4.78, 5) is 21.4. The molecule has 26 heavy (non-hydrogen) atoms. The second-order valence-corrected chi connectivity index (χ2v) is 5.41. The van der Waals surface area contributed by atoms with E-state index in [4.69, 9.17) is 21.1 Å². The van der Waals surface area contributed by atoms with Gasteiger partial charge in [0.1, 0.15) is 6.54 Å². The molecule has 2 aromatic heterocycles. The number of amides is 1. The molecular formula is C15H14ClN7O3. The molecular weight excluding hydrogens is 362 g/mol. The summed E-state index contributed by atoms with van der Waals surface area (Å²) in [5, 5.41) is 15.0. The summed E-state index contributed by atoms with van der Waals surface area (Å²) < 4.78 is 10.1. The van der Waals surface area contributed by atoms with Crippen LogP contribution in [-0.4, -0.2) is 50.3 Å². The van der Waals surface area contributed by atoms with Gasteiger partial charge in [-0.1, -0.05) is 23.7 Å². The standard InChI is InChI=1S/C15H14ClN7O3/c1-25-12-7-13(26-2)19-15(18-12)17-11(24)8-23-21-14(20-22-23)9-4-3-5-10(16)6-9/h3-7H,8H2,1-2H3,(H,17,18,19,24). The van der Waals surface area contributed by atoms with E-state index in [-0.39, 0.29) is 24.3 Å². The predicted octanol–water partition coefficient (Wildman–Crippen LogP) is 1.44. The van der Waals surface area contributed by atoms with Gasteiger partial charge in [0.15, 0.2) is 0 Å². The number of carbonyl (C=O) groups excluding carboxylic acids is 1. The Kier molecular flexibility index (Phi) is 5.23. The number of anilines is 1. The first-order valence-electron chi connectivity index (χ1n) is 7.38. The van der Waals surface area contributed by atoms with Gasteiger partial charge in [0, 0.05) is 10.6 Å². The van der Waals surface area contributed by atoms with Crippen LogP contribution in [0.3, 0.4) is 0 Å². The third-order valence-corrected chi connectivity index (χ3v) is 3.40. The fourth-order valence-electron chi connectivity index (χ4n) is 2.01. The van der Waals surface area contributed by atoms with Crippen LogP contribution in [0.15, 0.2) is 30.3 Å². The third-order valence-electron chi connectivity index (χ3n) is 3.17. The van der Waals surface area contributed by atoms with Crippen molar-refractivity contribution in [3.05, 3.63) is 35.4 Å². The largest absolute Gasteiger partial charge is 0.481 e. The number of aromatic nitrogens is 6. The Hall–Kier alpha value is -3.27. The van der Waals surface area contributed by atoms with Gasteiger partial charge in [-0.05, 0) is 17.3 Å². The second kappa shape index (κ2) is 7.74. The van der Waals surface area contributed by atoms with Crippen LogP contribution in [-0.2, 0) is 11.3 Å². The van der Waals surface area contributed by atoms with E-state index in [1.54, 1.807) is 24.3 Å². The van der Waals surface area contributed by atoms with Gasteiger partial charge in [-0.3, -0.25) is 10.1 Å². The zero-order valence-corrected chi connectivity index (χ0v) is 14.6. The first-order chi connectivity index (χ1) is 12.6. The number of hydrogen-bond donors (Lipinski definition) is 1. The van der Waals surface area contributed by atoms with Crippen molar-refractivity contribution in [1.29, 1.82) is 0 Å². The molecule has 0 unspecified atom stereocenters. The summed E-state index contributed by atoms with van der Waals surface area (Å²) >= 11 is 5.94. The highest BCUT2D eigenvalue weighted by Crippen LogP contribution is 2.19. The Morgan fingerprint density at radius 3 is 2.58 bits per heavy atom. The lowest BCUT2D eigenvalue weighted by molar-refractivity contribution is -0.117. The maximum absolute atomic E-state index is 12.2. The summed E-state index contributed by atoms with van der Waals surface area (Å²) in [6.07, 6.45) is 0. The highest BCUT2D eigenvalue weighted by atomic mass is 35.5. The van der Waals surface area contributed by atoms with Crippen molar-refractivity contribution < 1.29 is 14.3 Å². The summed E-state index contributed by atoms with van der Waals surface area (Å²) in [5.74, 6) is 0.486. The number of nitrogens with zero attached hydrogens (tertiary/aromatic N) is 6. The van der Waals surface area contributed by atoms with Gasteiger partial charge in [-0.15, -0.1) is 10.2 Å².